The van der Waals surface area contributed by atoms with E-state index in [4.69, 9.17) is 0 Å². The molecular formula is C11H20N2. The Kier molecular flexibility index (Phi) is 3.55. The first kappa shape index (κ1) is 10.3. The SMILES string of the molecule is CCn1ccc(C(NC)C(C)C)c1. The summed E-state index contributed by atoms with van der Waals surface area (Å²) in [6.45, 7) is 7.69. The van der Waals surface area contributed by atoms with Crippen molar-refractivity contribution in [2.75, 3.05) is 7.05 Å². The summed E-state index contributed by atoms with van der Waals surface area (Å²) in [6, 6.07) is 2.68. The Morgan fingerprint density at radius 2 is 2.15 bits per heavy atom. The monoisotopic (exact) mass is 180 g/mol. The number of nitrogens with zero attached hydrogens (tertiary/aromatic N) is 1. The maximum atomic E-state index is 3.34. The van der Waals surface area contributed by atoms with E-state index >= 15 is 0 Å². The van der Waals surface area contributed by atoms with Crippen molar-refractivity contribution in [2.45, 2.75) is 33.4 Å². The van der Waals surface area contributed by atoms with E-state index in [-0.39, 0.29) is 0 Å². The Morgan fingerprint density at radius 1 is 1.46 bits per heavy atom. The fraction of sp³-hybridized carbons (Fsp3) is 0.636. The molecule has 0 amide bonds. The Bertz CT molecular complexity index is 250. The maximum Gasteiger partial charge on any atom is 0.0355 e. The Balaban J connectivity index is 2.79. The number of rotatable bonds is 4. The third-order valence-corrected chi connectivity index (χ3v) is 2.48. The highest BCUT2D eigenvalue weighted by molar-refractivity contribution is 5.15. The molecule has 13 heavy (non-hydrogen) atoms. The molecule has 1 aromatic heterocycles. The molecule has 74 valence electrons. The van der Waals surface area contributed by atoms with Crippen LogP contribution < -0.4 is 5.32 Å². The van der Waals surface area contributed by atoms with E-state index in [2.05, 4.69) is 49.1 Å². The van der Waals surface area contributed by atoms with Gasteiger partial charge in [0.1, 0.15) is 0 Å². The van der Waals surface area contributed by atoms with E-state index in [1.54, 1.807) is 0 Å². The van der Waals surface area contributed by atoms with Gasteiger partial charge in [-0.3, -0.25) is 0 Å². The fourth-order valence-corrected chi connectivity index (χ4v) is 1.72. The van der Waals surface area contributed by atoms with E-state index in [9.17, 15) is 0 Å². The van der Waals surface area contributed by atoms with Gasteiger partial charge >= 0.3 is 0 Å². The van der Waals surface area contributed by atoms with Crippen molar-refractivity contribution in [1.82, 2.24) is 9.88 Å². The molecule has 1 N–H and O–H groups in total. The van der Waals surface area contributed by atoms with Crippen molar-refractivity contribution in [2.24, 2.45) is 5.92 Å². The molecule has 0 aliphatic carbocycles. The van der Waals surface area contributed by atoms with Crippen LogP contribution in [0.1, 0.15) is 32.4 Å². The zero-order chi connectivity index (χ0) is 9.84. The van der Waals surface area contributed by atoms with E-state index in [0.717, 1.165) is 6.54 Å². The van der Waals surface area contributed by atoms with Crippen LogP contribution in [0, 0.1) is 5.92 Å². The van der Waals surface area contributed by atoms with E-state index < -0.39 is 0 Å². The number of nitrogens with one attached hydrogen (secondary N) is 1. The van der Waals surface area contributed by atoms with Crippen LogP contribution in [0.2, 0.25) is 0 Å². The van der Waals surface area contributed by atoms with Gasteiger partial charge in [0.15, 0.2) is 0 Å². The van der Waals surface area contributed by atoms with Crippen LogP contribution in [0.5, 0.6) is 0 Å². The molecule has 0 aliphatic heterocycles. The largest absolute Gasteiger partial charge is 0.354 e. The molecule has 1 unspecified atom stereocenters. The predicted molar refractivity (Wildman–Crippen MR) is 56.7 cm³/mol. The summed E-state index contributed by atoms with van der Waals surface area (Å²) >= 11 is 0. The standard InChI is InChI=1S/C11H20N2/c1-5-13-7-6-10(8-13)11(12-4)9(2)3/h6-9,11-12H,5H2,1-4H3. The van der Waals surface area contributed by atoms with Gasteiger partial charge in [-0.2, -0.15) is 0 Å². The number of aryl methyl sites for hydroxylation is 1. The van der Waals surface area contributed by atoms with Crippen LogP contribution in [-0.4, -0.2) is 11.6 Å². The first-order chi connectivity index (χ1) is 6.19. The molecule has 2 heteroatoms. The lowest BCUT2D eigenvalue weighted by molar-refractivity contribution is 0.442. The van der Waals surface area contributed by atoms with Crippen LogP contribution in [-0.2, 0) is 6.54 Å². The van der Waals surface area contributed by atoms with Crippen molar-refractivity contribution in [3.8, 4) is 0 Å². The van der Waals surface area contributed by atoms with Crippen molar-refractivity contribution in [1.29, 1.82) is 0 Å². The van der Waals surface area contributed by atoms with Gasteiger partial charge in [-0.05, 0) is 31.5 Å². The third kappa shape index (κ3) is 2.34. The molecule has 0 spiro atoms. The zero-order valence-corrected chi connectivity index (χ0v) is 9.04. The Hall–Kier alpha value is -0.760. The summed E-state index contributed by atoms with van der Waals surface area (Å²) in [5.74, 6) is 0.637. The molecule has 0 aromatic carbocycles. The smallest absolute Gasteiger partial charge is 0.0355 e. The molecular weight excluding hydrogens is 160 g/mol. The second-order valence-electron chi connectivity index (χ2n) is 3.79. The molecule has 1 aromatic rings. The molecule has 0 fully saturated rings. The van der Waals surface area contributed by atoms with E-state index in [1.807, 2.05) is 7.05 Å². The van der Waals surface area contributed by atoms with Gasteiger partial charge in [-0.1, -0.05) is 13.8 Å². The van der Waals surface area contributed by atoms with Crippen LogP contribution in [0.15, 0.2) is 18.5 Å². The molecule has 1 rings (SSSR count). The highest BCUT2D eigenvalue weighted by Gasteiger charge is 2.13. The summed E-state index contributed by atoms with van der Waals surface area (Å²) in [5, 5.41) is 3.34. The van der Waals surface area contributed by atoms with Crippen LogP contribution in [0.4, 0.5) is 0 Å². The lowest BCUT2D eigenvalue weighted by atomic mass is 9.99. The van der Waals surface area contributed by atoms with Gasteiger partial charge < -0.3 is 9.88 Å². The van der Waals surface area contributed by atoms with Gasteiger partial charge in [0.05, 0.1) is 0 Å². The molecule has 1 atom stereocenters. The van der Waals surface area contributed by atoms with Crippen molar-refractivity contribution < 1.29 is 0 Å². The van der Waals surface area contributed by atoms with Gasteiger partial charge in [0, 0.05) is 25.0 Å². The second-order valence-corrected chi connectivity index (χ2v) is 3.79. The first-order valence-corrected chi connectivity index (χ1v) is 5.02. The van der Waals surface area contributed by atoms with Gasteiger partial charge in [-0.25, -0.2) is 0 Å². The van der Waals surface area contributed by atoms with Gasteiger partial charge in [-0.15, -0.1) is 0 Å². The Labute approximate surface area is 81.0 Å². The highest BCUT2D eigenvalue weighted by Crippen LogP contribution is 2.21. The Morgan fingerprint density at radius 3 is 2.54 bits per heavy atom. The van der Waals surface area contributed by atoms with E-state index in [1.165, 1.54) is 5.56 Å². The van der Waals surface area contributed by atoms with Gasteiger partial charge in [0.25, 0.3) is 0 Å². The number of aromatic nitrogens is 1. The number of hydrogen-bond donors (Lipinski definition) is 1. The molecule has 0 radical (unpaired) electrons. The predicted octanol–water partition coefficient (Wildman–Crippen LogP) is 2.42. The highest BCUT2D eigenvalue weighted by atomic mass is 14.9. The fourth-order valence-electron chi connectivity index (χ4n) is 1.72. The van der Waals surface area contributed by atoms with Gasteiger partial charge in [0.2, 0.25) is 0 Å². The molecule has 0 aliphatic rings. The lowest BCUT2D eigenvalue weighted by Gasteiger charge is -2.18. The quantitative estimate of drug-likeness (QED) is 0.753. The minimum Gasteiger partial charge on any atom is -0.354 e. The summed E-state index contributed by atoms with van der Waals surface area (Å²) in [6.07, 6.45) is 4.36. The average molecular weight is 180 g/mol. The summed E-state index contributed by atoms with van der Waals surface area (Å²) in [4.78, 5) is 0. The molecule has 0 saturated carbocycles. The maximum absolute atomic E-state index is 3.34. The molecule has 1 heterocycles. The summed E-state index contributed by atoms with van der Waals surface area (Å²) < 4.78 is 2.21. The molecule has 2 nitrogen and oxygen atoms in total. The van der Waals surface area contributed by atoms with Crippen LogP contribution in [0.3, 0.4) is 0 Å². The minimum absolute atomic E-state index is 0.479. The topological polar surface area (TPSA) is 17.0 Å². The van der Waals surface area contributed by atoms with E-state index in [0.29, 0.717) is 12.0 Å². The van der Waals surface area contributed by atoms with Crippen LogP contribution in [0.25, 0.3) is 0 Å². The van der Waals surface area contributed by atoms with Crippen molar-refractivity contribution in [3.05, 3.63) is 24.0 Å². The van der Waals surface area contributed by atoms with Crippen molar-refractivity contribution >= 4 is 0 Å². The normalized spacial score (nSPS) is 13.6. The lowest BCUT2D eigenvalue weighted by Crippen LogP contribution is -2.21. The van der Waals surface area contributed by atoms with Crippen LogP contribution >= 0.6 is 0 Å². The van der Waals surface area contributed by atoms with Crippen molar-refractivity contribution in [3.63, 3.8) is 0 Å². The third-order valence-electron chi connectivity index (χ3n) is 2.48. The average Bonchev–Trinajstić information content (AvgIpc) is 2.53. The first-order valence-electron chi connectivity index (χ1n) is 5.02. The summed E-state index contributed by atoms with van der Waals surface area (Å²) in [5.41, 5.74) is 1.39. The number of hydrogen-bond acceptors (Lipinski definition) is 1. The summed E-state index contributed by atoms with van der Waals surface area (Å²) in [7, 11) is 2.02. The molecule has 0 bridgehead atoms. The second kappa shape index (κ2) is 4.47. The zero-order valence-electron chi connectivity index (χ0n) is 9.04. The molecule has 0 saturated heterocycles. The minimum atomic E-state index is 0.479.